The molecule has 1 fully saturated rings. The number of nitrogens with zero attached hydrogens (tertiary/aromatic N) is 2. The normalized spacial score (nSPS) is 17.6. The van der Waals surface area contributed by atoms with Gasteiger partial charge in [0.1, 0.15) is 16.8 Å². The van der Waals surface area contributed by atoms with Crippen molar-refractivity contribution in [1.82, 2.24) is 9.88 Å². The Balaban J connectivity index is 1.80. The molecule has 7 nitrogen and oxygen atoms in total. The first-order chi connectivity index (χ1) is 14.5. The average molecular weight is 515 g/mol. The monoisotopic (exact) mass is 513 g/mol. The molecule has 0 saturated carbocycles. The first-order valence-corrected chi connectivity index (χ1v) is 11.0. The number of ether oxygens (including phenoxy) is 2. The van der Waals surface area contributed by atoms with Crippen molar-refractivity contribution in [3.63, 3.8) is 0 Å². The molecule has 1 saturated heterocycles. The Morgan fingerprint density at radius 3 is 2.58 bits per heavy atom. The van der Waals surface area contributed by atoms with Crippen LogP contribution in [-0.4, -0.2) is 47.7 Å². The van der Waals surface area contributed by atoms with Crippen molar-refractivity contribution in [2.24, 2.45) is 0 Å². The van der Waals surface area contributed by atoms with Crippen LogP contribution in [0.25, 0.3) is 10.9 Å². The highest BCUT2D eigenvalue weighted by atomic mass is 79.9. The van der Waals surface area contributed by atoms with Gasteiger partial charge in [-0.1, -0.05) is 11.6 Å². The summed E-state index contributed by atoms with van der Waals surface area (Å²) in [5, 5.41) is 3.50. The van der Waals surface area contributed by atoms with Gasteiger partial charge >= 0.3 is 6.09 Å². The maximum Gasteiger partial charge on any atom is 0.410 e. The fraction of sp³-hybridized carbons (Fsp3) is 0.476. The fourth-order valence-corrected chi connectivity index (χ4v) is 4.76. The van der Waals surface area contributed by atoms with E-state index in [-0.39, 0.29) is 26.8 Å². The van der Waals surface area contributed by atoms with Crippen molar-refractivity contribution in [3.8, 4) is 5.88 Å². The predicted molar refractivity (Wildman–Crippen MR) is 118 cm³/mol. The van der Waals surface area contributed by atoms with Crippen molar-refractivity contribution in [2.75, 3.05) is 25.5 Å². The van der Waals surface area contributed by atoms with Crippen molar-refractivity contribution in [2.45, 2.75) is 44.6 Å². The summed E-state index contributed by atoms with van der Waals surface area (Å²) < 4.78 is 25.9. The van der Waals surface area contributed by atoms with Crippen molar-refractivity contribution < 1.29 is 23.5 Å². The number of piperidine rings is 1. The standard InChI is InChI=1S/C21H22BrClFN3O4/c1-20(2,3)31-19(29)27-7-5-21(6-8-27)12-10-9-11(23)13(22)14(24)15(10)25-17(30-4)16(12)26-18(21)28/h9H,5-8H2,1-4H3,(H,26,28). The van der Waals surface area contributed by atoms with Crippen LogP contribution < -0.4 is 10.1 Å². The van der Waals surface area contributed by atoms with E-state index in [1.54, 1.807) is 31.7 Å². The lowest BCUT2D eigenvalue weighted by molar-refractivity contribution is -0.122. The molecule has 0 atom stereocenters. The molecular formula is C21H22BrClFN3O4. The summed E-state index contributed by atoms with van der Waals surface area (Å²) in [5.74, 6) is -0.710. The molecule has 3 heterocycles. The molecule has 0 unspecified atom stereocenters. The second-order valence-electron chi connectivity index (χ2n) is 8.76. The lowest BCUT2D eigenvalue weighted by atomic mass is 9.72. The minimum absolute atomic E-state index is 0.0670. The van der Waals surface area contributed by atoms with E-state index in [0.29, 0.717) is 42.6 Å². The van der Waals surface area contributed by atoms with Gasteiger partial charge in [-0.15, -0.1) is 0 Å². The molecule has 166 valence electrons. The van der Waals surface area contributed by atoms with E-state index >= 15 is 0 Å². The van der Waals surface area contributed by atoms with Gasteiger partial charge in [-0.2, -0.15) is 0 Å². The summed E-state index contributed by atoms with van der Waals surface area (Å²) in [5.41, 5.74) is -0.468. The molecule has 1 aromatic heterocycles. The van der Waals surface area contributed by atoms with Crippen LogP contribution in [-0.2, 0) is 14.9 Å². The SMILES string of the molecule is COc1nc2c(F)c(Br)c(Cl)cc2c2c1NC(=O)C21CCN(C(=O)OC(C)(C)C)CC1. The number of amides is 2. The molecular weight excluding hydrogens is 493 g/mol. The van der Waals surface area contributed by atoms with Gasteiger partial charge in [0, 0.05) is 24.0 Å². The average Bonchev–Trinajstić information content (AvgIpc) is 2.97. The molecule has 4 rings (SSSR count). The first kappa shape index (κ1) is 22.1. The summed E-state index contributed by atoms with van der Waals surface area (Å²) in [6.07, 6.45) is 0.279. The number of hydrogen-bond acceptors (Lipinski definition) is 5. The third-order valence-corrected chi connectivity index (χ3v) is 7.00. The molecule has 2 aromatic rings. The Bertz CT molecular complexity index is 1110. The van der Waals surface area contributed by atoms with Crippen LogP contribution in [0.5, 0.6) is 5.88 Å². The number of pyridine rings is 1. The highest BCUT2D eigenvalue weighted by Gasteiger charge is 2.52. The zero-order valence-corrected chi connectivity index (χ0v) is 19.9. The zero-order valence-electron chi connectivity index (χ0n) is 17.6. The number of fused-ring (bicyclic) bond motifs is 4. The van der Waals surface area contributed by atoms with Crippen molar-refractivity contribution >= 4 is 56.1 Å². The number of anilines is 1. The van der Waals surface area contributed by atoms with Crippen LogP contribution in [0.15, 0.2) is 10.5 Å². The lowest BCUT2D eigenvalue weighted by Crippen LogP contribution is -2.49. The van der Waals surface area contributed by atoms with E-state index in [4.69, 9.17) is 21.1 Å². The zero-order chi connectivity index (χ0) is 22.7. The van der Waals surface area contributed by atoms with Crippen molar-refractivity contribution in [3.05, 3.63) is 26.9 Å². The number of carbonyl (C=O) groups excluding carboxylic acids is 2. The Kier molecular flexibility index (Phi) is 5.33. The van der Waals surface area contributed by atoms with Crippen LogP contribution in [0.4, 0.5) is 14.9 Å². The number of halogens is 3. The van der Waals surface area contributed by atoms with E-state index < -0.39 is 22.9 Å². The van der Waals surface area contributed by atoms with Gasteiger partial charge in [0.15, 0.2) is 5.82 Å². The summed E-state index contributed by atoms with van der Waals surface area (Å²) in [4.78, 5) is 31.5. The smallest absolute Gasteiger partial charge is 0.410 e. The third kappa shape index (κ3) is 3.51. The van der Waals surface area contributed by atoms with Gasteiger partial charge in [-0.05, 0) is 55.6 Å². The summed E-state index contributed by atoms with van der Waals surface area (Å²) in [6, 6.07) is 1.61. The highest BCUT2D eigenvalue weighted by molar-refractivity contribution is 9.10. The molecule has 0 radical (unpaired) electrons. The van der Waals surface area contributed by atoms with E-state index in [9.17, 15) is 14.0 Å². The predicted octanol–water partition coefficient (Wildman–Crippen LogP) is 5.02. The first-order valence-electron chi connectivity index (χ1n) is 9.83. The number of hydrogen-bond donors (Lipinski definition) is 1. The number of nitrogens with one attached hydrogen (secondary N) is 1. The van der Waals surface area contributed by atoms with Gasteiger partial charge < -0.3 is 19.7 Å². The van der Waals surface area contributed by atoms with Gasteiger partial charge in [-0.3, -0.25) is 4.79 Å². The topological polar surface area (TPSA) is 80.8 Å². The number of carbonyl (C=O) groups is 2. The molecule has 1 spiro atoms. The fourth-order valence-electron chi connectivity index (χ4n) is 4.27. The summed E-state index contributed by atoms with van der Waals surface area (Å²) in [7, 11) is 1.42. The molecule has 1 aromatic carbocycles. The maximum absolute atomic E-state index is 15.0. The minimum Gasteiger partial charge on any atom is -0.479 e. The molecule has 0 aliphatic carbocycles. The molecule has 2 aliphatic rings. The second-order valence-corrected chi connectivity index (χ2v) is 9.96. The molecule has 2 aliphatic heterocycles. The van der Waals surface area contributed by atoms with Crippen molar-refractivity contribution in [1.29, 1.82) is 0 Å². The molecule has 10 heteroatoms. The Hall–Kier alpha value is -2.13. The Labute approximate surface area is 192 Å². The Morgan fingerprint density at radius 1 is 1.35 bits per heavy atom. The minimum atomic E-state index is -0.952. The number of rotatable bonds is 1. The lowest BCUT2D eigenvalue weighted by Gasteiger charge is -2.38. The van der Waals surface area contributed by atoms with Gasteiger partial charge in [-0.25, -0.2) is 14.2 Å². The maximum atomic E-state index is 15.0. The molecule has 2 amide bonds. The van der Waals surface area contributed by atoms with Crippen LogP contribution in [0.2, 0.25) is 5.02 Å². The van der Waals surface area contributed by atoms with Gasteiger partial charge in [0.05, 0.1) is 22.0 Å². The van der Waals surface area contributed by atoms with E-state index in [1.165, 1.54) is 7.11 Å². The van der Waals surface area contributed by atoms with Crippen LogP contribution >= 0.6 is 27.5 Å². The van der Waals surface area contributed by atoms with E-state index in [0.717, 1.165) is 0 Å². The van der Waals surface area contributed by atoms with Gasteiger partial charge in [0.2, 0.25) is 11.8 Å². The molecule has 31 heavy (non-hydrogen) atoms. The second kappa shape index (κ2) is 7.48. The van der Waals surface area contributed by atoms with E-state index in [2.05, 4.69) is 26.2 Å². The summed E-state index contributed by atoms with van der Waals surface area (Å²) >= 11 is 9.38. The highest BCUT2D eigenvalue weighted by Crippen LogP contribution is 2.52. The number of methoxy groups -OCH3 is 1. The van der Waals surface area contributed by atoms with Crippen LogP contribution in [0.3, 0.4) is 0 Å². The summed E-state index contributed by atoms with van der Waals surface area (Å²) in [6.45, 7) is 6.05. The van der Waals surface area contributed by atoms with Gasteiger partial charge in [0.25, 0.3) is 0 Å². The number of aromatic nitrogens is 1. The number of likely N-dealkylation sites (tertiary alicyclic amines) is 1. The molecule has 0 bridgehead atoms. The Morgan fingerprint density at radius 2 is 2.00 bits per heavy atom. The third-order valence-electron chi connectivity index (χ3n) is 5.70. The van der Waals surface area contributed by atoms with Crippen LogP contribution in [0, 0.1) is 5.82 Å². The number of benzene rings is 1. The molecule has 1 N–H and O–H groups in total. The van der Waals surface area contributed by atoms with Crippen LogP contribution in [0.1, 0.15) is 39.2 Å². The largest absolute Gasteiger partial charge is 0.479 e. The quantitative estimate of drug-likeness (QED) is 0.541. The van der Waals surface area contributed by atoms with E-state index in [1.807, 2.05) is 0 Å².